The number of carbonyl (C=O) groups excluding carboxylic acids is 2. The lowest BCUT2D eigenvalue weighted by Crippen LogP contribution is -2.41. The standard InChI is InChI=1S/C24H23N3O5S/c1-3-19(22(29)30)27(2)21(28)20-12-25-23(33-20)26-24(31)32-13-18-16-10-6-4-8-14(16)15-9-5-7-11-17(15)18/h4-12,18-19H,3,13H2,1-2H3,(H,29,30)(H,25,26,31). The van der Waals surface area contributed by atoms with Gasteiger partial charge < -0.3 is 14.7 Å². The van der Waals surface area contributed by atoms with Crippen molar-refractivity contribution < 1.29 is 24.2 Å². The van der Waals surface area contributed by atoms with E-state index in [0.717, 1.165) is 38.5 Å². The Balaban J connectivity index is 1.39. The number of aromatic nitrogens is 1. The molecule has 1 atom stereocenters. The zero-order valence-corrected chi connectivity index (χ0v) is 19.0. The number of benzene rings is 2. The first-order chi connectivity index (χ1) is 15.9. The highest BCUT2D eigenvalue weighted by Crippen LogP contribution is 2.44. The summed E-state index contributed by atoms with van der Waals surface area (Å²) in [6.45, 7) is 1.86. The van der Waals surface area contributed by atoms with Crippen molar-refractivity contribution in [2.45, 2.75) is 25.3 Å². The molecule has 0 saturated carbocycles. The summed E-state index contributed by atoms with van der Waals surface area (Å²) in [6, 6.07) is 15.2. The number of amides is 2. The molecule has 0 fully saturated rings. The molecule has 1 aliphatic rings. The van der Waals surface area contributed by atoms with Crippen LogP contribution in [0.25, 0.3) is 11.1 Å². The molecule has 2 amide bonds. The van der Waals surface area contributed by atoms with Gasteiger partial charge in [0.05, 0.1) is 6.20 Å². The number of rotatable bonds is 7. The molecule has 1 aromatic heterocycles. The van der Waals surface area contributed by atoms with Gasteiger partial charge in [-0.25, -0.2) is 14.6 Å². The van der Waals surface area contributed by atoms with Gasteiger partial charge in [0, 0.05) is 13.0 Å². The number of carboxylic acid groups (broad SMARTS) is 1. The summed E-state index contributed by atoms with van der Waals surface area (Å²) < 4.78 is 5.49. The molecule has 33 heavy (non-hydrogen) atoms. The number of nitrogens with zero attached hydrogens (tertiary/aromatic N) is 2. The van der Waals surface area contributed by atoms with E-state index in [1.807, 2.05) is 36.4 Å². The van der Waals surface area contributed by atoms with Gasteiger partial charge in [-0.2, -0.15) is 0 Å². The first-order valence-corrected chi connectivity index (χ1v) is 11.3. The van der Waals surface area contributed by atoms with Crippen molar-refractivity contribution in [2.24, 2.45) is 0 Å². The van der Waals surface area contributed by atoms with Gasteiger partial charge in [0.15, 0.2) is 5.13 Å². The molecule has 0 radical (unpaired) electrons. The van der Waals surface area contributed by atoms with E-state index in [-0.39, 0.29) is 29.0 Å². The summed E-state index contributed by atoms with van der Waals surface area (Å²) in [5.74, 6) is -1.61. The van der Waals surface area contributed by atoms with Crippen LogP contribution in [-0.2, 0) is 9.53 Å². The number of aliphatic carboxylic acids is 1. The predicted molar refractivity (Wildman–Crippen MR) is 125 cm³/mol. The predicted octanol–water partition coefficient (Wildman–Crippen LogP) is 4.44. The van der Waals surface area contributed by atoms with E-state index in [9.17, 15) is 19.5 Å². The molecule has 2 aromatic carbocycles. The molecule has 0 spiro atoms. The lowest BCUT2D eigenvalue weighted by Gasteiger charge is -2.22. The van der Waals surface area contributed by atoms with Gasteiger partial charge in [-0.15, -0.1) is 0 Å². The summed E-state index contributed by atoms with van der Waals surface area (Å²) in [7, 11) is 1.43. The van der Waals surface area contributed by atoms with E-state index in [1.54, 1.807) is 6.92 Å². The summed E-state index contributed by atoms with van der Waals surface area (Å²) in [4.78, 5) is 41.7. The van der Waals surface area contributed by atoms with Crippen LogP contribution in [-0.4, -0.2) is 52.7 Å². The third kappa shape index (κ3) is 4.45. The molecule has 4 rings (SSSR count). The van der Waals surface area contributed by atoms with Crippen LogP contribution < -0.4 is 5.32 Å². The first kappa shape index (κ1) is 22.5. The monoisotopic (exact) mass is 465 g/mol. The summed E-state index contributed by atoms with van der Waals surface area (Å²) in [5.41, 5.74) is 4.50. The number of anilines is 1. The average Bonchev–Trinajstić information content (AvgIpc) is 3.40. The number of nitrogens with one attached hydrogen (secondary N) is 1. The largest absolute Gasteiger partial charge is 0.480 e. The van der Waals surface area contributed by atoms with Crippen LogP contribution in [0.1, 0.15) is 40.1 Å². The second-order valence-corrected chi connectivity index (χ2v) is 8.69. The highest BCUT2D eigenvalue weighted by atomic mass is 32.1. The molecule has 9 heteroatoms. The molecule has 0 aliphatic heterocycles. The normalized spacial score (nSPS) is 13.0. The third-order valence-electron chi connectivity index (χ3n) is 5.73. The second kappa shape index (κ2) is 9.41. The van der Waals surface area contributed by atoms with E-state index < -0.39 is 24.0 Å². The van der Waals surface area contributed by atoms with Crippen molar-refractivity contribution in [1.82, 2.24) is 9.88 Å². The van der Waals surface area contributed by atoms with Crippen molar-refractivity contribution in [3.63, 3.8) is 0 Å². The van der Waals surface area contributed by atoms with Crippen molar-refractivity contribution in [2.75, 3.05) is 19.0 Å². The van der Waals surface area contributed by atoms with Crippen molar-refractivity contribution in [3.8, 4) is 11.1 Å². The number of carboxylic acids is 1. The second-order valence-electron chi connectivity index (χ2n) is 7.66. The number of likely N-dealkylation sites (N-methyl/N-ethyl adjacent to an activating group) is 1. The van der Waals surface area contributed by atoms with Gasteiger partial charge in [0.1, 0.15) is 17.5 Å². The van der Waals surface area contributed by atoms with Crippen molar-refractivity contribution >= 4 is 34.4 Å². The smallest absolute Gasteiger partial charge is 0.413 e. The van der Waals surface area contributed by atoms with Crippen LogP contribution in [0.4, 0.5) is 9.93 Å². The highest BCUT2D eigenvalue weighted by Gasteiger charge is 2.30. The Morgan fingerprint density at radius 3 is 2.30 bits per heavy atom. The summed E-state index contributed by atoms with van der Waals surface area (Å²) in [6.07, 6.45) is 0.925. The maximum absolute atomic E-state index is 12.6. The number of hydrogen-bond donors (Lipinski definition) is 2. The molecule has 1 unspecified atom stereocenters. The van der Waals surface area contributed by atoms with Crippen LogP contribution in [0, 0.1) is 0 Å². The maximum atomic E-state index is 12.6. The average molecular weight is 466 g/mol. The fraction of sp³-hybridized carbons (Fsp3) is 0.250. The molecule has 2 N–H and O–H groups in total. The lowest BCUT2D eigenvalue weighted by atomic mass is 9.98. The number of fused-ring (bicyclic) bond motifs is 3. The Bertz CT molecular complexity index is 1160. The first-order valence-electron chi connectivity index (χ1n) is 10.5. The molecule has 3 aromatic rings. The number of thiazole rings is 1. The highest BCUT2D eigenvalue weighted by molar-refractivity contribution is 7.17. The zero-order chi connectivity index (χ0) is 23.5. The van der Waals surface area contributed by atoms with E-state index >= 15 is 0 Å². The van der Waals surface area contributed by atoms with Gasteiger partial charge in [-0.05, 0) is 28.7 Å². The number of carbonyl (C=O) groups is 3. The van der Waals surface area contributed by atoms with Crippen molar-refractivity contribution in [1.29, 1.82) is 0 Å². The summed E-state index contributed by atoms with van der Waals surface area (Å²) in [5, 5.41) is 12.0. The van der Waals surface area contributed by atoms with Gasteiger partial charge in [0.2, 0.25) is 0 Å². The Labute approximate surface area is 194 Å². The summed E-state index contributed by atoms with van der Waals surface area (Å²) >= 11 is 0.965. The van der Waals surface area contributed by atoms with Gasteiger partial charge in [-0.3, -0.25) is 10.1 Å². The lowest BCUT2D eigenvalue weighted by molar-refractivity contribution is -0.142. The number of hydrogen-bond acceptors (Lipinski definition) is 6. The Kier molecular flexibility index (Phi) is 6.41. The molecule has 1 aliphatic carbocycles. The Hall–Kier alpha value is -3.72. The van der Waals surface area contributed by atoms with Crippen molar-refractivity contribution in [3.05, 3.63) is 70.7 Å². The topological polar surface area (TPSA) is 109 Å². The van der Waals surface area contributed by atoms with E-state index in [4.69, 9.17) is 4.74 Å². The van der Waals surface area contributed by atoms with Crippen LogP contribution in [0.5, 0.6) is 0 Å². The minimum Gasteiger partial charge on any atom is -0.480 e. The Morgan fingerprint density at radius 2 is 1.73 bits per heavy atom. The molecule has 170 valence electrons. The van der Waals surface area contributed by atoms with E-state index in [0.29, 0.717) is 0 Å². The quantitative estimate of drug-likeness (QED) is 0.534. The maximum Gasteiger partial charge on any atom is 0.413 e. The minimum atomic E-state index is -1.07. The minimum absolute atomic E-state index is 0.0628. The van der Waals surface area contributed by atoms with E-state index in [2.05, 4.69) is 22.4 Å². The SMILES string of the molecule is CCC(C(=O)O)N(C)C(=O)c1cnc(NC(=O)OCC2c3ccccc3-c3ccccc32)s1. The van der Waals surface area contributed by atoms with Crippen LogP contribution >= 0.6 is 11.3 Å². The van der Waals surface area contributed by atoms with Crippen LogP contribution in [0.15, 0.2) is 54.7 Å². The van der Waals surface area contributed by atoms with E-state index in [1.165, 1.54) is 13.2 Å². The van der Waals surface area contributed by atoms with Gasteiger partial charge >= 0.3 is 12.1 Å². The molecular formula is C24H23N3O5S. The van der Waals surface area contributed by atoms with Gasteiger partial charge in [0.25, 0.3) is 5.91 Å². The van der Waals surface area contributed by atoms with Crippen LogP contribution in [0.3, 0.4) is 0 Å². The third-order valence-corrected chi connectivity index (χ3v) is 6.63. The fourth-order valence-electron chi connectivity index (χ4n) is 4.08. The van der Waals surface area contributed by atoms with Gasteiger partial charge in [-0.1, -0.05) is 66.8 Å². The molecule has 8 nitrogen and oxygen atoms in total. The van der Waals surface area contributed by atoms with Crippen LogP contribution in [0.2, 0.25) is 0 Å². The fourth-order valence-corrected chi connectivity index (χ4v) is 4.87. The Morgan fingerprint density at radius 1 is 1.12 bits per heavy atom. The zero-order valence-electron chi connectivity index (χ0n) is 18.1. The molecule has 1 heterocycles. The molecular weight excluding hydrogens is 442 g/mol. The molecule has 0 bridgehead atoms. The molecule has 0 saturated heterocycles. The number of ether oxygens (including phenoxy) is 1.